The summed E-state index contributed by atoms with van der Waals surface area (Å²) in [4.78, 5) is 38.0. The van der Waals surface area contributed by atoms with Crippen LogP contribution in [0.5, 0.6) is 0 Å². The summed E-state index contributed by atoms with van der Waals surface area (Å²) < 4.78 is 8.31. The van der Waals surface area contributed by atoms with Gasteiger partial charge in [-0.25, -0.2) is 9.36 Å². The number of para-hydroxylation sites is 2. The van der Waals surface area contributed by atoms with Gasteiger partial charge in [0.1, 0.15) is 10.7 Å². The second-order valence-electron chi connectivity index (χ2n) is 8.12. The lowest BCUT2D eigenvalue weighted by atomic mass is 9.89. The molecule has 0 aliphatic heterocycles. The molecule has 2 N–H and O–H groups in total. The summed E-state index contributed by atoms with van der Waals surface area (Å²) in [6, 6.07) is 20.7. The zero-order valence-corrected chi connectivity index (χ0v) is 18.9. The number of furan rings is 1. The van der Waals surface area contributed by atoms with Gasteiger partial charge in [-0.3, -0.25) is 29.9 Å². The van der Waals surface area contributed by atoms with Gasteiger partial charge in [0.25, 0.3) is 11.1 Å². The van der Waals surface area contributed by atoms with Gasteiger partial charge < -0.3 is 4.42 Å². The molecule has 0 fully saturated rings. The molecule has 10 nitrogen and oxygen atoms in total. The molecular weight excluding hydrogens is 450 g/mol. The first kappa shape index (κ1) is 22.0. The number of hydrogen-bond donors (Lipinski definition) is 2. The molecule has 5 rings (SSSR count). The first-order valence-corrected chi connectivity index (χ1v) is 10.8. The van der Waals surface area contributed by atoms with Gasteiger partial charge in [0.05, 0.1) is 34.5 Å². The van der Waals surface area contributed by atoms with Gasteiger partial charge in [-0.15, -0.1) is 0 Å². The lowest BCUT2D eigenvalue weighted by Crippen LogP contribution is -2.25. The summed E-state index contributed by atoms with van der Waals surface area (Å²) in [7, 11) is 0. The number of H-pyrrole nitrogens is 2. The Bertz CT molecular complexity index is 1540. The van der Waals surface area contributed by atoms with Crippen molar-refractivity contribution in [1.82, 2.24) is 19.6 Å². The third-order valence-corrected chi connectivity index (χ3v) is 5.92. The minimum atomic E-state index is -0.980. The molecule has 0 aliphatic carbocycles. The molecule has 3 heterocycles. The SMILES string of the molecule is Cc1[nH]n(-c2ccccc2)c(=O)c1C(c1ccc([N+](=O)[O-])o1)c1c(C)[nH]n(-c2ccccc2)c1=O. The monoisotopic (exact) mass is 471 g/mol. The largest absolute Gasteiger partial charge is 0.433 e. The van der Waals surface area contributed by atoms with Gasteiger partial charge in [-0.2, -0.15) is 0 Å². The van der Waals surface area contributed by atoms with E-state index in [0.717, 1.165) is 0 Å². The Kier molecular flexibility index (Phi) is 5.33. The van der Waals surface area contributed by atoms with Gasteiger partial charge in [0.2, 0.25) is 0 Å². The van der Waals surface area contributed by atoms with Gasteiger partial charge in [0, 0.05) is 11.4 Å². The fraction of sp³-hybridized carbons (Fsp3) is 0.120. The molecular formula is C25H21N5O5. The Labute approximate surface area is 198 Å². The molecule has 0 aliphatic rings. The van der Waals surface area contributed by atoms with Crippen molar-refractivity contribution in [3.63, 3.8) is 0 Å². The van der Waals surface area contributed by atoms with E-state index in [0.29, 0.717) is 22.8 Å². The number of nitrogens with zero attached hydrogens (tertiary/aromatic N) is 3. The molecule has 35 heavy (non-hydrogen) atoms. The van der Waals surface area contributed by atoms with Crippen molar-refractivity contribution in [3.05, 3.63) is 132 Å². The van der Waals surface area contributed by atoms with Crippen LogP contribution in [0, 0.1) is 24.0 Å². The fourth-order valence-electron chi connectivity index (χ4n) is 4.34. The van der Waals surface area contributed by atoms with E-state index in [4.69, 9.17) is 4.42 Å². The Morgan fingerprint density at radius 2 is 1.23 bits per heavy atom. The highest BCUT2D eigenvalue weighted by molar-refractivity contribution is 5.46. The van der Waals surface area contributed by atoms with Gasteiger partial charge in [0.15, 0.2) is 0 Å². The summed E-state index contributed by atoms with van der Waals surface area (Å²) in [6.07, 6.45) is 0. The molecule has 0 spiro atoms. The maximum absolute atomic E-state index is 13.7. The van der Waals surface area contributed by atoms with E-state index in [-0.39, 0.29) is 28.0 Å². The third kappa shape index (κ3) is 3.70. The second-order valence-corrected chi connectivity index (χ2v) is 8.12. The van der Waals surface area contributed by atoms with Crippen LogP contribution < -0.4 is 11.1 Å². The first-order chi connectivity index (χ1) is 16.9. The molecule has 0 saturated heterocycles. The van der Waals surface area contributed by atoms with Crippen LogP contribution in [0.25, 0.3) is 11.4 Å². The highest BCUT2D eigenvalue weighted by Gasteiger charge is 2.34. The number of benzene rings is 2. The van der Waals surface area contributed by atoms with Crippen LogP contribution in [0.15, 0.2) is 86.8 Å². The molecule has 3 aromatic heterocycles. The summed E-state index contributed by atoms with van der Waals surface area (Å²) >= 11 is 0. The Hall–Kier alpha value is -4.86. The van der Waals surface area contributed by atoms with Crippen LogP contribution in [0.4, 0.5) is 5.88 Å². The van der Waals surface area contributed by atoms with Crippen LogP contribution in [-0.4, -0.2) is 24.5 Å². The number of nitrogens with one attached hydrogen (secondary N) is 2. The smallest absolute Gasteiger partial charge is 0.405 e. The van der Waals surface area contributed by atoms with E-state index in [9.17, 15) is 19.7 Å². The summed E-state index contributed by atoms with van der Waals surface area (Å²) in [5.41, 5.74) is 2.00. The van der Waals surface area contributed by atoms with E-state index >= 15 is 0 Å². The maximum atomic E-state index is 13.7. The first-order valence-electron chi connectivity index (χ1n) is 10.8. The van der Waals surface area contributed by atoms with Crippen LogP contribution in [0.1, 0.15) is 34.2 Å². The molecule has 5 aromatic rings. The molecule has 0 bridgehead atoms. The number of nitro groups is 1. The highest BCUT2D eigenvalue weighted by atomic mass is 16.6. The predicted octanol–water partition coefficient (Wildman–Crippen LogP) is 3.94. The van der Waals surface area contributed by atoms with E-state index in [1.807, 2.05) is 12.1 Å². The Balaban J connectivity index is 1.77. The van der Waals surface area contributed by atoms with Crippen molar-refractivity contribution in [2.24, 2.45) is 0 Å². The van der Waals surface area contributed by atoms with Crippen LogP contribution in [0.2, 0.25) is 0 Å². The van der Waals surface area contributed by atoms with Crippen molar-refractivity contribution < 1.29 is 9.34 Å². The van der Waals surface area contributed by atoms with Crippen LogP contribution >= 0.6 is 0 Å². The zero-order valence-electron chi connectivity index (χ0n) is 18.9. The maximum Gasteiger partial charge on any atom is 0.433 e. The number of aromatic nitrogens is 4. The van der Waals surface area contributed by atoms with Gasteiger partial charge in [-0.1, -0.05) is 36.4 Å². The van der Waals surface area contributed by atoms with Crippen molar-refractivity contribution in [3.8, 4) is 11.4 Å². The number of aromatic amines is 2. The highest BCUT2D eigenvalue weighted by Crippen LogP contribution is 2.34. The van der Waals surface area contributed by atoms with Crippen molar-refractivity contribution in [2.75, 3.05) is 0 Å². The zero-order chi connectivity index (χ0) is 24.7. The van der Waals surface area contributed by atoms with Crippen molar-refractivity contribution >= 4 is 5.88 Å². The topological polar surface area (TPSA) is 132 Å². The van der Waals surface area contributed by atoms with Crippen molar-refractivity contribution in [1.29, 1.82) is 0 Å². The number of hydrogen-bond acceptors (Lipinski definition) is 5. The lowest BCUT2D eigenvalue weighted by molar-refractivity contribution is -0.402. The summed E-state index contributed by atoms with van der Waals surface area (Å²) in [6.45, 7) is 3.44. The molecule has 0 unspecified atom stereocenters. The van der Waals surface area contributed by atoms with E-state index in [2.05, 4.69) is 10.2 Å². The fourth-order valence-corrected chi connectivity index (χ4v) is 4.34. The normalized spacial score (nSPS) is 11.3. The molecule has 2 aromatic carbocycles. The van der Waals surface area contributed by atoms with Crippen LogP contribution in [-0.2, 0) is 0 Å². The van der Waals surface area contributed by atoms with E-state index in [1.54, 1.807) is 62.4 Å². The average molecular weight is 471 g/mol. The molecule has 10 heteroatoms. The van der Waals surface area contributed by atoms with Crippen molar-refractivity contribution in [2.45, 2.75) is 19.8 Å². The quantitative estimate of drug-likeness (QED) is 0.286. The molecule has 0 atom stereocenters. The second kappa shape index (κ2) is 8.49. The average Bonchev–Trinajstić information content (AvgIpc) is 3.54. The minimum absolute atomic E-state index is 0.121. The van der Waals surface area contributed by atoms with E-state index < -0.39 is 16.7 Å². The third-order valence-electron chi connectivity index (χ3n) is 5.92. The summed E-state index contributed by atoms with van der Waals surface area (Å²) in [5.74, 6) is -1.33. The number of aryl methyl sites for hydroxylation is 2. The van der Waals surface area contributed by atoms with Gasteiger partial charge >= 0.3 is 5.88 Å². The standard InChI is InChI=1S/C25H21N5O5/c1-15-21(24(31)28(26-15)17-9-5-3-6-10-17)23(19-13-14-20(35-19)30(33)34)22-16(2)27-29(25(22)32)18-11-7-4-8-12-18/h3-14,23,26-27H,1-2H3. The molecule has 0 saturated carbocycles. The molecule has 0 radical (unpaired) electrons. The number of rotatable bonds is 6. The predicted molar refractivity (Wildman–Crippen MR) is 129 cm³/mol. The van der Waals surface area contributed by atoms with Gasteiger partial charge in [-0.05, 0) is 44.2 Å². The summed E-state index contributed by atoms with van der Waals surface area (Å²) in [5, 5.41) is 17.5. The Morgan fingerprint density at radius 1 is 0.771 bits per heavy atom. The Morgan fingerprint density at radius 3 is 1.63 bits per heavy atom. The molecule has 176 valence electrons. The van der Waals surface area contributed by atoms with E-state index in [1.165, 1.54) is 21.5 Å². The molecule has 0 amide bonds. The minimum Gasteiger partial charge on any atom is -0.405 e. The van der Waals surface area contributed by atoms with Crippen LogP contribution in [0.3, 0.4) is 0 Å². The lowest BCUT2D eigenvalue weighted by Gasteiger charge is -2.12.